The van der Waals surface area contributed by atoms with E-state index in [4.69, 9.17) is 4.74 Å². The zero-order chi connectivity index (χ0) is 17.7. The lowest BCUT2D eigenvalue weighted by Crippen LogP contribution is -2.57. The first-order chi connectivity index (χ1) is 11.4. The zero-order valence-electron chi connectivity index (χ0n) is 15.6. The summed E-state index contributed by atoms with van der Waals surface area (Å²) in [6.07, 6.45) is 3.55. The highest BCUT2D eigenvalue weighted by atomic mass is 16.5. The molecule has 138 valence electrons. The van der Waals surface area contributed by atoms with Crippen LogP contribution in [0.2, 0.25) is 0 Å². The monoisotopic (exact) mass is 339 g/mol. The van der Waals surface area contributed by atoms with Crippen LogP contribution < -0.4 is 5.32 Å². The number of rotatable bonds is 5. The minimum Gasteiger partial charge on any atom is -0.375 e. The van der Waals surface area contributed by atoms with Gasteiger partial charge >= 0.3 is 0 Å². The normalized spacial score (nSPS) is 30.0. The van der Waals surface area contributed by atoms with Gasteiger partial charge in [-0.1, -0.05) is 26.7 Å². The molecule has 2 amide bonds. The largest absolute Gasteiger partial charge is 0.375 e. The Kier molecular flexibility index (Phi) is 7.04. The molecule has 1 saturated heterocycles. The minimum atomic E-state index is -0.144. The van der Waals surface area contributed by atoms with E-state index in [9.17, 15) is 9.59 Å². The standard InChI is InChI=1S/C18H33N3O3/c1-13-6-5-7-16(14(13)2)19-18(23)15(3)20-8-10-21(11-9-20)17(22)12-24-4/h13-16H,5-12H2,1-4H3,(H,19,23). The van der Waals surface area contributed by atoms with Gasteiger partial charge in [-0.2, -0.15) is 0 Å². The van der Waals surface area contributed by atoms with Gasteiger partial charge in [-0.3, -0.25) is 14.5 Å². The zero-order valence-corrected chi connectivity index (χ0v) is 15.6. The van der Waals surface area contributed by atoms with Gasteiger partial charge in [0.1, 0.15) is 6.61 Å². The lowest BCUT2D eigenvalue weighted by atomic mass is 9.78. The molecule has 0 spiro atoms. The molecule has 0 aromatic heterocycles. The Bertz CT molecular complexity index is 435. The molecule has 4 atom stereocenters. The average molecular weight is 339 g/mol. The van der Waals surface area contributed by atoms with E-state index in [0.29, 0.717) is 31.0 Å². The second-order valence-electron chi connectivity index (χ2n) is 7.41. The van der Waals surface area contributed by atoms with Crippen LogP contribution in [0.4, 0.5) is 0 Å². The van der Waals surface area contributed by atoms with E-state index in [1.54, 1.807) is 0 Å². The van der Waals surface area contributed by atoms with Crippen LogP contribution in [0.25, 0.3) is 0 Å². The van der Waals surface area contributed by atoms with Crippen LogP contribution in [0.3, 0.4) is 0 Å². The van der Waals surface area contributed by atoms with Crippen molar-refractivity contribution in [3.63, 3.8) is 0 Å². The van der Waals surface area contributed by atoms with Gasteiger partial charge in [0.15, 0.2) is 0 Å². The summed E-state index contributed by atoms with van der Waals surface area (Å²) in [5.41, 5.74) is 0. The summed E-state index contributed by atoms with van der Waals surface area (Å²) in [6, 6.07) is 0.155. The Morgan fingerprint density at radius 2 is 1.83 bits per heavy atom. The maximum atomic E-state index is 12.6. The van der Waals surface area contributed by atoms with E-state index in [0.717, 1.165) is 19.5 Å². The van der Waals surface area contributed by atoms with Gasteiger partial charge in [0, 0.05) is 39.3 Å². The number of hydrogen-bond acceptors (Lipinski definition) is 4. The number of ether oxygens (including phenoxy) is 1. The van der Waals surface area contributed by atoms with Crippen LogP contribution in [0.5, 0.6) is 0 Å². The fourth-order valence-electron chi connectivity index (χ4n) is 3.83. The number of carbonyl (C=O) groups is 2. The number of piperazine rings is 1. The third kappa shape index (κ3) is 4.70. The van der Waals surface area contributed by atoms with Crippen molar-refractivity contribution in [3.05, 3.63) is 0 Å². The molecule has 1 aliphatic heterocycles. The Morgan fingerprint density at radius 1 is 1.17 bits per heavy atom. The number of amides is 2. The van der Waals surface area contributed by atoms with Crippen molar-refractivity contribution in [2.24, 2.45) is 11.8 Å². The highest BCUT2D eigenvalue weighted by molar-refractivity contribution is 5.81. The Labute approximate surface area is 145 Å². The summed E-state index contributed by atoms with van der Waals surface area (Å²) >= 11 is 0. The summed E-state index contributed by atoms with van der Waals surface area (Å²) in [6.45, 7) is 9.43. The fourth-order valence-corrected chi connectivity index (χ4v) is 3.83. The maximum absolute atomic E-state index is 12.6. The summed E-state index contributed by atoms with van der Waals surface area (Å²) < 4.78 is 4.90. The first-order valence-corrected chi connectivity index (χ1v) is 9.25. The second kappa shape index (κ2) is 8.81. The molecular formula is C18H33N3O3. The number of carbonyl (C=O) groups excluding carboxylic acids is 2. The molecule has 24 heavy (non-hydrogen) atoms. The van der Waals surface area contributed by atoms with Crippen molar-refractivity contribution in [1.82, 2.24) is 15.1 Å². The van der Waals surface area contributed by atoms with Gasteiger partial charge < -0.3 is 15.0 Å². The predicted octanol–water partition coefficient (Wildman–Crippen LogP) is 1.11. The molecule has 4 unspecified atom stereocenters. The molecule has 2 fully saturated rings. The summed E-state index contributed by atoms with van der Waals surface area (Å²) in [4.78, 5) is 28.5. The quantitative estimate of drug-likeness (QED) is 0.815. The van der Waals surface area contributed by atoms with Gasteiger partial charge in [-0.15, -0.1) is 0 Å². The predicted molar refractivity (Wildman–Crippen MR) is 93.6 cm³/mol. The molecule has 2 aliphatic rings. The molecule has 0 radical (unpaired) electrons. The summed E-state index contributed by atoms with van der Waals surface area (Å²) in [5, 5.41) is 3.27. The first-order valence-electron chi connectivity index (χ1n) is 9.25. The molecular weight excluding hydrogens is 306 g/mol. The third-order valence-corrected chi connectivity index (χ3v) is 5.90. The number of hydrogen-bond donors (Lipinski definition) is 1. The minimum absolute atomic E-state index is 0.0271. The van der Waals surface area contributed by atoms with Crippen LogP contribution in [-0.4, -0.2) is 73.6 Å². The molecule has 1 saturated carbocycles. The van der Waals surface area contributed by atoms with Gasteiger partial charge in [0.2, 0.25) is 11.8 Å². The van der Waals surface area contributed by atoms with Gasteiger partial charge in [0.25, 0.3) is 0 Å². The van der Waals surface area contributed by atoms with E-state index in [1.165, 1.54) is 20.0 Å². The maximum Gasteiger partial charge on any atom is 0.248 e. The van der Waals surface area contributed by atoms with Crippen molar-refractivity contribution in [3.8, 4) is 0 Å². The van der Waals surface area contributed by atoms with Crippen LogP contribution in [0.15, 0.2) is 0 Å². The molecule has 1 N–H and O–H groups in total. The molecule has 0 aromatic rings. The van der Waals surface area contributed by atoms with Crippen molar-refractivity contribution >= 4 is 11.8 Å². The highest BCUT2D eigenvalue weighted by Crippen LogP contribution is 2.29. The molecule has 1 heterocycles. The summed E-state index contributed by atoms with van der Waals surface area (Å²) in [5.74, 6) is 1.37. The van der Waals surface area contributed by atoms with Gasteiger partial charge in [-0.25, -0.2) is 0 Å². The Morgan fingerprint density at radius 3 is 2.46 bits per heavy atom. The average Bonchev–Trinajstić information content (AvgIpc) is 2.58. The summed E-state index contributed by atoms with van der Waals surface area (Å²) in [7, 11) is 1.54. The fraction of sp³-hybridized carbons (Fsp3) is 0.889. The second-order valence-corrected chi connectivity index (χ2v) is 7.41. The van der Waals surface area contributed by atoms with Crippen LogP contribution in [0.1, 0.15) is 40.0 Å². The molecule has 0 aromatic carbocycles. The van der Waals surface area contributed by atoms with Crippen LogP contribution in [-0.2, 0) is 14.3 Å². The van der Waals surface area contributed by atoms with Crippen LogP contribution >= 0.6 is 0 Å². The SMILES string of the molecule is COCC(=O)N1CCN(C(C)C(=O)NC2CCCC(C)C2C)CC1. The van der Waals surface area contributed by atoms with Crippen molar-refractivity contribution in [2.75, 3.05) is 39.9 Å². The topological polar surface area (TPSA) is 61.9 Å². The van der Waals surface area contributed by atoms with Crippen molar-refractivity contribution in [1.29, 1.82) is 0 Å². The Balaban J connectivity index is 1.80. The van der Waals surface area contributed by atoms with Gasteiger partial charge in [-0.05, 0) is 25.2 Å². The van der Waals surface area contributed by atoms with Crippen molar-refractivity contribution < 1.29 is 14.3 Å². The lowest BCUT2D eigenvalue weighted by molar-refractivity contribution is -0.138. The van der Waals surface area contributed by atoms with Gasteiger partial charge in [0.05, 0.1) is 6.04 Å². The van der Waals surface area contributed by atoms with E-state index in [-0.39, 0.29) is 24.5 Å². The van der Waals surface area contributed by atoms with Crippen LogP contribution in [0, 0.1) is 11.8 Å². The van der Waals surface area contributed by atoms with E-state index in [1.807, 2.05) is 11.8 Å². The molecule has 0 bridgehead atoms. The number of nitrogens with zero attached hydrogens (tertiary/aromatic N) is 2. The lowest BCUT2D eigenvalue weighted by Gasteiger charge is -2.39. The highest BCUT2D eigenvalue weighted by Gasteiger charge is 2.32. The van der Waals surface area contributed by atoms with Crippen molar-refractivity contribution in [2.45, 2.75) is 52.1 Å². The molecule has 1 aliphatic carbocycles. The Hall–Kier alpha value is -1.14. The molecule has 6 heteroatoms. The molecule has 2 rings (SSSR count). The first kappa shape index (κ1) is 19.2. The third-order valence-electron chi connectivity index (χ3n) is 5.90. The van der Waals surface area contributed by atoms with E-state index >= 15 is 0 Å². The van der Waals surface area contributed by atoms with E-state index < -0.39 is 0 Å². The number of methoxy groups -OCH3 is 1. The molecule has 6 nitrogen and oxygen atoms in total. The van der Waals surface area contributed by atoms with E-state index in [2.05, 4.69) is 24.1 Å². The smallest absolute Gasteiger partial charge is 0.248 e. The number of nitrogens with one attached hydrogen (secondary N) is 1.